The number of aromatic nitrogens is 5. The number of pyridine rings is 1. The zero-order valence-electron chi connectivity index (χ0n) is 20.1. The van der Waals surface area contributed by atoms with Crippen molar-refractivity contribution in [3.05, 3.63) is 114 Å². The predicted octanol–water partition coefficient (Wildman–Crippen LogP) is 4.46. The van der Waals surface area contributed by atoms with Crippen LogP contribution in [0.1, 0.15) is 23.0 Å². The highest BCUT2D eigenvalue weighted by Gasteiger charge is 2.31. The molecule has 6 rings (SSSR count). The summed E-state index contributed by atoms with van der Waals surface area (Å²) in [4.78, 5) is 8.87. The Bertz CT molecular complexity index is 1510. The van der Waals surface area contributed by atoms with E-state index in [4.69, 9.17) is 0 Å². The average Bonchev–Trinajstić information content (AvgIpc) is 3.38. The molecule has 1 saturated heterocycles. The van der Waals surface area contributed by atoms with Crippen molar-refractivity contribution in [1.29, 1.82) is 0 Å². The van der Waals surface area contributed by atoms with Crippen molar-refractivity contribution in [1.82, 2.24) is 30.1 Å². The van der Waals surface area contributed by atoms with Crippen LogP contribution in [0.15, 0.2) is 85.1 Å². The number of halogens is 2. The molecule has 0 amide bonds. The summed E-state index contributed by atoms with van der Waals surface area (Å²) in [7, 11) is 0. The van der Waals surface area contributed by atoms with Crippen LogP contribution in [0.3, 0.4) is 0 Å². The number of fused-ring (bicyclic) bond motifs is 1. The summed E-state index contributed by atoms with van der Waals surface area (Å²) >= 11 is 0. The maximum absolute atomic E-state index is 14.4. The van der Waals surface area contributed by atoms with E-state index in [2.05, 4.69) is 42.4 Å². The first kappa shape index (κ1) is 23.2. The third-order valence-electron chi connectivity index (χ3n) is 6.87. The van der Waals surface area contributed by atoms with Crippen LogP contribution in [0.5, 0.6) is 0 Å². The van der Waals surface area contributed by atoms with E-state index in [1.54, 1.807) is 29.1 Å². The highest BCUT2D eigenvalue weighted by atomic mass is 19.1. The van der Waals surface area contributed by atoms with Crippen LogP contribution in [-0.2, 0) is 6.54 Å². The second kappa shape index (κ2) is 10.0. The molecule has 3 heterocycles. The molecular formula is C28H25F2N7. The molecule has 0 spiro atoms. The summed E-state index contributed by atoms with van der Waals surface area (Å²) in [6.45, 7) is 3.17. The molecular weight excluding hydrogens is 472 g/mol. The van der Waals surface area contributed by atoms with Crippen LogP contribution in [0.2, 0.25) is 0 Å². The van der Waals surface area contributed by atoms with Gasteiger partial charge in [-0.3, -0.25) is 9.88 Å². The zero-order valence-corrected chi connectivity index (χ0v) is 20.1. The van der Waals surface area contributed by atoms with Crippen molar-refractivity contribution >= 4 is 16.6 Å². The minimum absolute atomic E-state index is 0.210. The minimum Gasteiger partial charge on any atom is -0.367 e. The van der Waals surface area contributed by atoms with Gasteiger partial charge < -0.3 is 4.90 Å². The minimum atomic E-state index is -0.281. The third kappa shape index (κ3) is 4.77. The standard InChI is InChI=1S/C28H25F2N7/c29-23-10-7-20(8-11-23)19-37-28(32-33-34-37)27(22-9-12-25-21(18-22)4-3-13-31-25)36-16-14-35(15-17-36)26-6-2-1-5-24(26)30/h1-13,18,27H,14-17,19H2/t27-/m1/s1. The molecule has 0 saturated carbocycles. The number of benzene rings is 3. The molecule has 5 aromatic rings. The molecule has 9 heteroatoms. The molecule has 1 fully saturated rings. The molecule has 1 aliphatic heterocycles. The lowest BCUT2D eigenvalue weighted by atomic mass is 10.0. The summed E-state index contributed by atoms with van der Waals surface area (Å²) in [6, 6.07) is 23.2. The smallest absolute Gasteiger partial charge is 0.173 e. The maximum atomic E-state index is 14.4. The lowest BCUT2D eigenvalue weighted by Crippen LogP contribution is -2.48. The van der Waals surface area contributed by atoms with Gasteiger partial charge in [0.1, 0.15) is 11.6 Å². The first-order chi connectivity index (χ1) is 18.2. The van der Waals surface area contributed by atoms with E-state index in [9.17, 15) is 8.78 Å². The Kier molecular flexibility index (Phi) is 6.28. The van der Waals surface area contributed by atoms with Crippen molar-refractivity contribution in [3.8, 4) is 0 Å². The number of tetrazole rings is 1. The fourth-order valence-corrected chi connectivity index (χ4v) is 5.00. The van der Waals surface area contributed by atoms with E-state index < -0.39 is 0 Å². The van der Waals surface area contributed by atoms with Crippen molar-refractivity contribution in [2.24, 2.45) is 0 Å². The van der Waals surface area contributed by atoms with E-state index in [1.165, 1.54) is 18.2 Å². The molecule has 3 aromatic carbocycles. The van der Waals surface area contributed by atoms with Crippen LogP contribution >= 0.6 is 0 Å². The van der Waals surface area contributed by atoms with Gasteiger partial charge in [-0.05, 0) is 64.0 Å². The van der Waals surface area contributed by atoms with E-state index in [0.717, 1.165) is 22.0 Å². The summed E-state index contributed by atoms with van der Waals surface area (Å²) in [6.07, 6.45) is 1.78. The van der Waals surface area contributed by atoms with Gasteiger partial charge in [0.2, 0.25) is 0 Å². The van der Waals surface area contributed by atoms with Gasteiger partial charge in [0.15, 0.2) is 5.82 Å². The molecule has 0 bridgehead atoms. The lowest BCUT2D eigenvalue weighted by Gasteiger charge is -2.40. The molecule has 1 atom stereocenters. The Hall–Kier alpha value is -4.24. The molecule has 186 valence electrons. The molecule has 1 aliphatic rings. The fraction of sp³-hybridized carbons (Fsp3) is 0.214. The van der Waals surface area contributed by atoms with Gasteiger partial charge in [0.05, 0.1) is 23.8 Å². The maximum Gasteiger partial charge on any atom is 0.173 e. The highest BCUT2D eigenvalue weighted by Crippen LogP contribution is 2.31. The topological polar surface area (TPSA) is 63.0 Å². The molecule has 37 heavy (non-hydrogen) atoms. The van der Waals surface area contributed by atoms with Crippen LogP contribution in [0, 0.1) is 11.6 Å². The van der Waals surface area contributed by atoms with Crippen molar-refractivity contribution in [2.75, 3.05) is 31.1 Å². The van der Waals surface area contributed by atoms with Gasteiger partial charge in [0, 0.05) is 37.8 Å². The molecule has 2 aromatic heterocycles. The summed E-state index contributed by atoms with van der Waals surface area (Å²) in [5.41, 5.74) is 3.49. The number of piperazine rings is 1. The van der Waals surface area contributed by atoms with Crippen molar-refractivity contribution in [3.63, 3.8) is 0 Å². The monoisotopic (exact) mass is 497 g/mol. The summed E-state index contributed by atoms with van der Waals surface area (Å²) in [5, 5.41) is 13.8. The molecule has 7 nitrogen and oxygen atoms in total. The van der Waals surface area contributed by atoms with Crippen molar-refractivity contribution < 1.29 is 8.78 Å². The second-order valence-electron chi connectivity index (χ2n) is 9.15. The summed E-state index contributed by atoms with van der Waals surface area (Å²) in [5.74, 6) is 0.209. The normalized spacial score (nSPS) is 15.2. The predicted molar refractivity (Wildman–Crippen MR) is 137 cm³/mol. The van der Waals surface area contributed by atoms with Crippen LogP contribution < -0.4 is 4.90 Å². The summed E-state index contributed by atoms with van der Waals surface area (Å²) < 4.78 is 29.7. The Morgan fingerprint density at radius 2 is 1.65 bits per heavy atom. The SMILES string of the molecule is Fc1ccc(Cn2nnnc2[C@@H](c2ccc3ncccc3c2)N2CCN(c3ccccc3F)CC2)cc1. The molecule has 0 N–H and O–H groups in total. The largest absolute Gasteiger partial charge is 0.367 e. The number of nitrogens with zero attached hydrogens (tertiary/aromatic N) is 7. The van der Waals surface area contributed by atoms with Crippen LogP contribution in [-0.4, -0.2) is 56.3 Å². The van der Waals surface area contributed by atoms with E-state index >= 15 is 0 Å². The third-order valence-corrected chi connectivity index (χ3v) is 6.87. The number of hydrogen-bond donors (Lipinski definition) is 0. The highest BCUT2D eigenvalue weighted by molar-refractivity contribution is 5.79. The Morgan fingerprint density at radius 1 is 0.838 bits per heavy atom. The van der Waals surface area contributed by atoms with Gasteiger partial charge in [0.25, 0.3) is 0 Å². The second-order valence-corrected chi connectivity index (χ2v) is 9.15. The number of anilines is 1. The first-order valence-electron chi connectivity index (χ1n) is 12.2. The first-order valence-corrected chi connectivity index (χ1v) is 12.2. The van der Waals surface area contributed by atoms with Crippen LogP contribution in [0.4, 0.5) is 14.5 Å². The Balaban J connectivity index is 1.34. The number of hydrogen-bond acceptors (Lipinski definition) is 6. The number of para-hydroxylation sites is 1. The van der Waals surface area contributed by atoms with Gasteiger partial charge in [-0.2, -0.15) is 0 Å². The van der Waals surface area contributed by atoms with Gasteiger partial charge in [-0.25, -0.2) is 13.5 Å². The van der Waals surface area contributed by atoms with Gasteiger partial charge in [-0.1, -0.05) is 36.4 Å². The van der Waals surface area contributed by atoms with Crippen LogP contribution in [0.25, 0.3) is 10.9 Å². The van der Waals surface area contributed by atoms with Gasteiger partial charge in [-0.15, -0.1) is 5.10 Å². The Labute approximate surface area is 213 Å². The van der Waals surface area contributed by atoms with Crippen molar-refractivity contribution in [2.45, 2.75) is 12.6 Å². The quantitative estimate of drug-likeness (QED) is 0.345. The zero-order chi connectivity index (χ0) is 25.2. The Morgan fingerprint density at radius 3 is 2.46 bits per heavy atom. The van der Waals surface area contributed by atoms with E-state index in [-0.39, 0.29) is 17.7 Å². The average molecular weight is 498 g/mol. The van der Waals surface area contributed by atoms with E-state index in [1.807, 2.05) is 30.3 Å². The van der Waals surface area contributed by atoms with Gasteiger partial charge >= 0.3 is 0 Å². The molecule has 0 aliphatic carbocycles. The molecule has 0 unspecified atom stereocenters. The number of rotatable bonds is 6. The van der Waals surface area contributed by atoms with E-state index in [0.29, 0.717) is 44.2 Å². The fourth-order valence-electron chi connectivity index (χ4n) is 5.00. The lowest BCUT2D eigenvalue weighted by molar-refractivity contribution is 0.201. The molecule has 0 radical (unpaired) electrons.